The highest BCUT2D eigenvalue weighted by Crippen LogP contribution is 2.23. The molecule has 1 saturated heterocycles. The number of hydrogen-bond acceptors (Lipinski definition) is 5. The lowest BCUT2D eigenvalue weighted by Crippen LogP contribution is -2.31. The Morgan fingerprint density at radius 2 is 1.32 bits per heavy atom. The predicted molar refractivity (Wildman–Crippen MR) is 107 cm³/mol. The van der Waals surface area contributed by atoms with Gasteiger partial charge in [-0.1, -0.05) is 12.8 Å². The van der Waals surface area contributed by atoms with Crippen molar-refractivity contribution in [2.45, 2.75) is 35.5 Å². The second-order valence-corrected chi connectivity index (χ2v) is 10.2. The van der Waals surface area contributed by atoms with E-state index in [1.54, 1.807) is 12.1 Å². The standard InChI is InChI=1S/C19H24N2O5S2/c1-26-17-8-12-18(13-9-17)27(22,23)20-16-6-10-19(11-7-16)28(24,25)21-14-4-2-3-5-15-21/h6-13,20H,2-5,14-15H2,1H3. The Morgan fingerprint density at radius 1 is 0.786 bits per heavy atom. The molecule has 28 heavy (non-hydrogen) atoms. The van der Waals surface area contributed by atoms with Gasteiger partial charge in [-0.15, -0.1) is 0 Å². The van der Waals surface area contributed by atoms with Crippen molar-refractivity contribution in [2.75, 3.05) is 24.9 Å². The summed E-state index contributed by atoms with van der Waals surface area (Å²) < 4.78 is 59.6. The third-order valence-corrected chi connectivity index (χ3v) is 7.99. The van der Waals surface area contributed by atoms with E-state index >= 15 is 0 Å². The van der Waals surface area contributed by atoms with Crippen LogP contribution in [-0.4, -0.2) is 41.3 Å². The fourth-order valence-corrected chi connectivity index (χ4v) is 5.67. The molecule has 7 nitrogen and oxygen atoms in total. The number of rotatable bonds is 6. The molecule has 9 heteroatoms. The summed E-state index contributed by atoms with van der Waals surface area (Å²) >= 11 is 0. The Hall–Kier alpha value is -2.10. The summed E-state index contributed by atoms with van der Waals surface area (Å²) in [5.41, 5.74) is 0.297. The smallest absolute Gasteiger partial charge is 0.261 e. The number of benzene rings is 2. The third kappa shape index (κ3) is 4.65. The summed E-state index contributed by atoms with van der Waals surface area (Å²) in [6.45, 7) is 1.04. The van der Waals surface area contributed by atoms with Crippen molar-refractivity contribution in [2.24, 2.45) is 0 Å². The van der Waals surface area contributed by atoms with Gasteiger partial charge in [-0.25, -0.2) is 16.8 Å². The Kier molecular flexibility index (Phi) is 6.26. The Bertz CT molecular complexity index is 993. The predicted octanol–water partition coefficient (Wildman–Crippen LogP) is 3.06. The van der Waals surface area contributed by atoms with Crippen LogP contribution >= 0.6 is 0 Å². The van der Waals surface area contributed by atoms with Gasteiger partial charge in [0.2, 0.25) is 10.0 Å². The van der Waals surface area contributed by atoms with E-state index in [2.05, 4.69) is 4.72 Å². The zero-order chi connectivity index (χ0) is 20.2. The lowest BCUT2D eigenvalue weighted by Gasteiger charge is -2.20. The number of hydrogen-bond donors (Lipinski definition) is 1. The van der Waals surface area contributed by atoms with Crippen LogP contribution in [0.1, 0.15) is 25.7 Å². The zero-order valence-electron chi connectivity index (χ0n) is 15.7. The maximum Gasteiger partial charge on any atom is 0.261 e. The Labute approximate surface area is 166 Å². The minimum absolute atomic E-state index is 0.0922. The van der Waals surface area contributed by atoms with Crippen LogP contribution in [0.3, 0.4) is 0 Å². The third-order valence-electron chi connectivity index (χ3n) is 4.68. The van der Waals surface area contributed by atoms with E-state index in [9.17, 15) is 16.8 Å². The molecule has 0 amide bonds. The van der Waals surface area contributed by atoms with Crippen LogP contribution in [-0.2, 0) is 20.0 Å². The largest absolute Gasteiger partial charge is 0.497 e. The Balaban J connectivity index is 1.76. The molecule has 0 bridgehead atoms. The van der Waals surface area contributed by atoms with Crippen LogP contribution in [0, 0.1) is 0 Å². The summed E-state index contributed by atoms with van der Waals surface area (Å²) in [4.78, 5) is 0.261. The van der Waals surface area contributed by atoms with Crippen LogP contribution in [0.4, 0.5) is 5.69 Å². The molecule has 152 valence electrons. The number of methoxy groups -OCH3 is 1. The van der Waals surface area contributed by atoms with Gasteiger partial charge in [0.1, 0.15) is 5.75 Å². The minimum Gasteiger partial charge on any atom is -0.497 e. The minimum atomic E-state index is -3.78. The van der Waals surface area contributed by atoms with Crippen molar-refractivity contribution in [3.63, 3.8) is 0 Å². The van der Waals surface area contributed by atoms with Gasteiger partial charge in [0.15, 0.2) is 0 Å². The normalized spacial score (nSPS) is 16.3. The molecule has 2 aromatic rings. The lowest BCUT2D eigenvalue weighted by atomic mass is 10.2. The molecule has 0 unspecified atom stereocenters. The van der Waals surface area contributed by atoms with Gasteiger partial charge in [-0.05, 0) is 61.4 Å². The van der Waals surface area contributed by atoms with Gasteiger partial charge < -0.3 is 4.74 Å². The molecule has 1 aliphatic rings. The molecule has 1 N–H and O–H groups in total. The molecule has 1 fully saturated rings. The molecular formula is C19H24N2O5S2. The first-order valence-corrected chi connectivity index (χ1v) is 12.0. The van der Waals surface area contributed by atoms with Crippen LogP contribution in [0.15, 0.2) is 58.3 Å². The molecule has 0 atom stereocenters. The summed E-state index contributed by atoms with van der Waals surface area (Å²) in [5.74, 6) is 0.557. The highest BCUT2D eigenvalue weighted by atomic mass is 32.2. The molecule has 2 aromatic carbocycles. The van der Waals surface area contributed by atoms with Gasteiger partial charge in [0.05, 0.1) is 16.9 Å². The van der Waals surface area contributed by atoms with Crippen molar-refractivity contribution in [3.05, 3.63) is 48.5 Å². The first kappa shape index (κ1) is 20.6. The molecule has 3 rings (SSSR count). The van der Waals surface area contributed by atoms with Gasteiger partial charge in [0.25, 0.3) is 10.0 Å². The number of nitrogens with zero attached hydrogens (tertiary/aromatic N) is 1. The van der Waals surface area contributed by atoms with E-state index in [1.807, 2.05) is 0 Å². The van der Waals surface area contributed by atoms with E-state index in [0.717, 1.165) is 25.7 Å². The second kappa shape index (κ2) is 8.50. The highest BCUT2D eigenvalue weighted by molar-refractivity contribution is 7.92. The summed E-state index contributed by atoms with van der Waals surface area (Å²) in [6.07, 6.45) is 3.80. The van der Waals surface area contributed by atoms with Gasteiger partial charge in [-0.3, -0.25) is 4.72 Å². The monoisotopic (exact) mass is 424 g/mol. The van der Waals surface area contributed by atoms with Crippen molar-refractivity contribution in [1.29, 1.82) is 0 Å². The molecule has 0 spiro atoms. The first-order valence-electron chi connectivity index (χ1n) is 9.10. The molecule has 1 aliphatic heterocycles. The van der Waals surface area contributed by atoms with Crippen LogP contribution < -0.4 is 9.46 Å². The van der Waals surface area contributed by atoms with E-state index in [0.29, 0.717) is 24.5 Å². The van der Waals surface area contributed by atoms with Crippen LogP contribution in [0.2, 0.25) is 0 Å². The quantitative estimate of drug-likeness (QED) is 0.769. The van der Waals surface area contributed by atoms with Crippen LogP contribution in [0.25, 0.3) is 0 Å². The van der Waals surface area contributed by atoms with E-state index < -0.39 is 20.0 Å². The van der Waals surface area contributed by atoms with Crippen molar-refractivity contribution < 1.29 is 21.6 Å². The topological polar surface area (TPSA) is 92.8 Å². The number of nitrogens with one attached hydrogen (secondary N) is 1. The summed E-state index contributed by atoms with van der Waals surface area (Å²) in [7, 11) is -5.84. The van der Waals surface area contributed by atoms with Gasteiger partial charge >= 0.3 is 0 Å². The van der Waals surface area contributed by atoms with Crippen molar-refractivity contribution >= 4 is 25.7 Å². The number of ether oxygens (including phenoxy) is 1. The molecule has 1 heterocycles. The molecule has 0 aromatic heterocycles. The van der Waals surface area contributed by atoms with E-state index in [1.165, 1.54) is 47.8 Å². The maximum atomic E-state index is 12.8. The highest BCUT2D eigenvalue weighted by Gasteiger charge is 2.25. The van der Waals surface area contributed by atoms with Crippen molar-refractivity contribution in [1.82, 2.24) is 4.31 Å². The average molecular weight is 425 g/mol. The Morgan fingerprint density at radius 3 is 1.86 bits per heavy atom. The fraction of sp³-hybridized carbons (Fsp3) is 0.368. The average Bonchev–Trinajstić information content (AvgIpc) is 2.98. The SMILES string of the molecule is COc1ccc(S(=O)(=O)Nc2ccc(S(=O)(=O)N3CCCCCC3)cc2)cc1. The van der Waals surface area contributed by atoms with E-state index in [4.69, 9.17) is 4.74 Å². The molecule has 0 aliphatic carbocycles. The summed E-state index contributed by atoms with van der Waals surface area (Å²) in [5, 5.41) is 0. The van der Waals surface area contributed by atoms with Gasteiger partial charge in [-0.2, -0.15) is 4.31 Å². The number of sulfonamides is 2. The van der Waals surface area contributed by atoms with Crippen LogP contribution in [0.5, 0.6) is 5.75 Å². The molecule has 0 radical (unpaired) electrons. The van der Waals surface area contributed by atoms with Crippen molar-refractivity contribution in [3.8, 4) is 5.75 Å². The molecule has 0 saturated carbocycles. The summed E-state index contributed by atoms with van der Waals surface area (Å²) in [6, 6.07) is 11.8. The number of anilines is 1. The fourth-order valence-electron chi connectivity index (χ4n) is 3.10. The molecular weight excluding hydrogens is 400 g/mol. The zero-order valence-corrected chi connectivity index (χ0v) is 17.3. The van der Waals surface area contributed by atoms with Gasteiger partial charge in [0, 0.05) is 18.8 Å². The lowest BCUT2D eigenvalue weighted by molar-refractivity contribution is 0.414. The maximum absolute atomic E-state index is 12.8. The second-order valence-electron chi connectivity index (χ2n) is 6.62. The van der Waals surface area contributed by atoms with E-state index in [-0.39, 0.29) is 9.79 Å². The first-order chi connectivity index (χ1) is 13.3.